The van der Waals surface area contributed by atoms with E-state index in [1.807, 2.05) is 0 Å². The van der Waals surface area contributed by atoms with E-state index in [9.17, 15) is 9.18 Å². The molecule has 0 bridgehead atoms. The number of halogens is 1. The molecule has 1 aromatic carbocycles. The van der Waals surface area contributed by atoms with Crippen LogP contribution in [0.25, 0.3) is 0 Å². The van der Waals surface area contributed by atoms with Crippen LogP contribution in [0.1, 0.15) is 44.1 Å². The number of carbonyl (C=O) groups is 1. The first-order chi connectivity index (χ1) is 13.2. The van der Waals surface area contributed by atoms with E-state index in [2.05, 4.69) is 20.2 Å². The number of piperidine rings is 1. The van der Waals surface area contributed by atoms with Gasteiger partial charge in [-0.3, -0.25) is 4.79 Å². The van der Waals surface area contributed by atoms with Crippen LogP contribution >= 0.6 is 0 Å². The van der Waals surface area contributed by atoms with Crippen molar-refractivity contribution in [3.8, 4) is 0 Å². The molecular weight excluding hydrogens is 343 g/mol. The maximum absolute atomic E-state index is 13.4. The van der Waals surface area contributed by atoms with Crippen molar-refractivity contribution < 1.29 is 9.18 Å². The van der Waals surface area contributed by atoms with E-state index in [-0.39, 0.29) is 17.8 Å². The molecule has 27 heavy (non-hydrogen) atoms. The zero-order valence-electron chi connectivity index (χ0n) is 15.4. The Labute approximate surface area is 159 Å². The lowest BCUT2D eigenvalue weighted by molar-refractivity contribution is -0.127. The fourth-order valence-corrected chi connectivity index (χ4v) is 4.45. The Balaban J connectivity index is 1.49. The summed E-state index contributed by atoms with van der Waals surface area (Å²) in [5, 5.41) is 3.28. The second-order valence-corrected chi connectivity index (χ2v) is 7.60. The number of rotatable bonds is 4. The van der Waals surface area contributed by atoms with E-state index in [1.54, 1.807) is 30.6 Å². The molecule has 4 rings (SSSR count). The third-order valence-corrected chi connectivity index (χ3v) is 5.88. The second-order valence-electron chi connectivity index (χ2n) is 7.60. The molecular formula is C21H25FN4O. The van der Waals surface area contributed by atoms with Crippen molar-refractivity contribution in [1.82, 2.24) is 15.3 Å². The Morgan fingerprint density at radius 1 is 1.11 bits per heavy atom. The van der Waals surface area contributed by atoms with Crippen LogP contribution in [0.2, 0.25) is 0 Å². The maximum Gasteiger partial charge on any atom is 0.230 e. The van der Waals surface area contributed by atoms with Gasteiger partial charge in [0.2, 0.25) is 11.9 Å². The van der Waals surface area contributed by atoms with Crippen LogP contribution in [-0.4, -0.2) is 35.0 Å². The molecule has 0 radical (unpaired) electrons. The largest absolute Gasteiger partial charge is 0.351 e. The molecule has 1 aliphatic heterocycles. The predicted molar refractivity (Wildman–Crippen MR) is 102 cm³/mol. The van der Waals surface area contributed by atoms with Crippen molar-refractivity contribution >= 4 is 11.9 Å². The lowest BCUT2D eigenvalue weighted by atomic mass is 9.77. The highest BCUT2D eigenvalue weighted by Gasteiger charge is 2.43. The van der Waals surface area contributed by atoms with Gasteiger partial charge in [-0.05, 0) is 49.4 Å². The summed E-state index contributed by atoms with van der Waals surface area (Å²) in [5.74, 6) is 0.524. The summed E-state index contributed by atoms with van der Waals surface area (Å²) in [6.45, 7) is 1.62. The molecule has 1 aliphatic carbocycles. The van der Waals surface area contributed by atoms with Gasteiger partial charge in [0, 0.05) is 31.5 Å². The third-order valence-electron chi connectivity index (χ3n) is 5.88. The van der Waals surface area contributed by atoms with Crippen molar-refractivity contribution in [3.05, 3.63) is 54.1 Å². The summed E-state index contributed by atoms with van der Waals surface area (Å²) < 4.78 is 13.4. The molecule has 2 aromatic rings. The normalized spacial score (nSPS) is 21.8. The zero-order chi connectivity index (χ0) is 18.7. The molecule has 5 nitrogen and oxygen atoms in total. The minimum absolute atomic E-state index is 0.0763. The van der Waals surface area contributed by atoms with Crippen LogP contribution in [-0.2, 0) is 10.2 Å². The van der Waals surface area contributed by atoms with Gasteiger partial charge in [-0.15, -0.1) is 0 Å². The fourth-order valence-electron chi connectivity index (χ4n) is 4.45. The van der Waals surface area contributed by atoms with Gasteiger partial charge in [-0.25, -0.2) is 14.4 Å². The standard InChI is InChI=1S/C21H25FN4O/c22-17-8-6-16(7-9-17)21(10-1-2-11-21)19(27)25-18-5-3-14-26(15-18)20-23-12-4-13-24-20/h4,6-9,12-13,18H,1-3,5,10-11,14-15H2,(H,25,27). The van der Waals surface area contributed by atoms with Gasteiger partial charge in [0.1, 0.15) is 5.82 Å². The highest BCUT2D eigenvalue weighted by Crippen LogP contribution is 2.41. The van der Waals surface area contributed by atoms with Crippen molar-refractivity contribution in [3.63, 3.8) is 0 Å². The summed E-state index contributed by atoms with van der Waals surface area (Å²) in [4.78, 5) is 24.1. The molecule has 142 valence electrons. The van der Waals surface area contributed by atoms with Crippen LogP contribution < -0.4 is 10.2 Å². The van der Waals surface area contributed by atoms with Crippen molar-refractivity contribution in [2.24, 2.45) is 0 Å². The van der Waals surface area contributed by atoms with E-state index < -0.39 is 5.41 Å². The summed E-state index contributed by atoms with van der Waals surface area (Å²) in [6.07, 6.45) is 9.13. The van der Waals surface area contributed by atoms with Crippen LogP contribution in [0.15, 0.2) is 42.7 Å². The van der Waals surface area contributed by atoms with Gasteiger partial charge in [0.05, 0.1) is 5.41 Å². The van der Waals surface area contributed by atoms with E-state index >= 15 is 0 Å². The van der Waals surface area contributed by atoms with Gasteiger partial charge in [-0.1, -0.05) is 25.0 Å². The summed E-state index contributed by atoms with van der Waals surface area (Å²) in [5.41, 5.74) is 0.400. The SMILES string of the molecule is O=C(NC1CCCN(c2ncccn2)C1)C1(c2ccc(F)cc2)CCCC1. The number of hydrogen-bond acceptors (Lipinski definition) is 4. The highest BCUT2D eigenvalue weighted by atomic mass is 19.1. The molecule has 2 heterocycles. The number of nitrogens with zero attached hydrogens (tertiary/aromatic N) is 3. The monoisotopic (exact) mass is 368 g/mol. The quantitative estimate of drug-likeness (QED) is 0.900. The van der Waals surface area contributed by atoms with Crippen LogP contribution in [0.4, 0.5) is 10.3 Å². The highest BCUT2D eigenvalue weighted by molar-refractivity contribution is 5.89. The Bertz CT molecular complexity index is 775. The molecule has 1 aromatic heterocycles. The Morgan fingerprint density at radius 3 is 2.52 bits per heavy atom. The number of benzene rings is 1. The summed E-state index contributed by atoms with van der Waals surface area (Å²) >= 11 is 0. The number of hydrogen-bond donors (Lipinski definition) is 1. The van der Waals surface area contributed by atoms with E-state index in [0.717, 1.165) is 57.2 Å². The first-order valence-corrected chi connectivity index (χ1v) is 9.76. The molecule has 1 N–H and O–H groups in total. The molecule has 1 amide bonds. The molecule has 2 aliphatic rings. The minimum Gasteiger partial charge on any atom is -0.351 e. The number of aromatic nitrogens is 2. The van der Waals surface area contributed by atoms with Crippen LogP contribution in [0.3, 0.4) is 0 Å². The minimum atomic E-state index is -0.529. The Morgan fingerprint density at radius 2 is 1.81 bits per heavy atom. The lowest BCUT2D eigenvalue weighted by Crippen LogP contribution is -2.53. The molecule has 1 unspecified atom stereocenters. The Hall–Kier alpha value is -2.50. The molecule has 6 heteroatoms. The van der Waals surface area contributed by atoms with Crippen LogP contribution in [0.5, 0.6) is 0 Å². The maximum atomic E-state index is 13.4. The summed E-state index contributed by atoms with van der Waals surface area (Å²) in [7, 11) is 0. The first-order valence-electron chi connectivity index (χ1n) is 9.76. The van der Waals surface area contributed by atoms with Crippen molar-refractivity contribution in [2.75, 3.05) is 18.0 Å². The van der Waals surface area contributed by atoms with Gasteiger partial charge < -0.3 is 10.2 Å². The van der Waals surface area contributed by atoms with E-state index in [0.29, 0.717) is 5.95 Å². The molecule has 1 saturated heterocycles. The smallest absolute Gasteiger partial charge is 0.230 e. The first kappa shape index (κ1) is 17.9. The second kappa shape index (κ2) is 7.62. The van der Waals surface area contributed by atoms with Gasteiger partial charge >= 0.3 is 0 Å². The third kappa shape index (κ3) is 3.66. The molecule has 2 fully saturated rings. The van der Waals surface area contributed by atoms with E-state index in [4.69, 9.17) is 0 Å². The number of nitrogens with one attached hydrogen (secondary N) is 1. The zero-order valence-corrected chi connectivity index (χ0v) is 15.4. The van der Waals surface area contributed by atoms with Crippen molar-refractivity contribution in [1.29, 1.82) is 0 Å². The topological polar surface area (TPSA) is 58.1 Å². The number of amides is 1. The summed E-state index contributed by atoms with van der Waals surface area (Å²) in [6, 6.07) is 8.33. The van der Waals surface area contributed by atoms with Gasteiger partial charge in [-0.2, -0.15) is 0 Å². The Kier molecular flexibility index (Phi) is 5.05. The lowest BCUT2D eigenvalue weighted by Gasteiger charge is -2.36. The molecule has 0 spiro atoms. The average Bonchev–Trinajstić information content (AvgIpc) is 3.21. The predicted octanol–water partition coefficient (Wildman–Crippen LogP) is 3.21. The molecule has 1 saturated carbocycles. The van der Waals surface area contributed by atoms with Gasteiger partial charge in [0.15, 0.2) is 0 Å². The van der Waals surface area contributed by atoms with E-state index in [1.165, 1.54) is 12.1 Å². The van der Waals surface area contributed by atoms with Gasteiger partial charge in [0.25, 0.3) is 0 Å². The van der Waals surface area contributed by atoms with Crippen molar-refractivity contribution in [2.45, 2.75) is 50.0 Å². The average molecular weight is 368 g/mol. The molecule has 1 atom stereocenters. The number of carbonyl (C=O) groups excluding carboxylic acids is 1. The number of anilines is 1. The fraction of sp³-hybridized carbons (Fsp3) is 0.476. The van der Waals surface area contributed by atoms with Crippen LogP contribution in [0, 0.1) is 5.82 Å².